The number of aromatic amines is 2. The molecule has 78 heavy (non-hydrogen) atoms. The average Bonchev–Trinajstić information content (AvgIpc) is 4.39. The third kappa shape index (κ3) is 15.0. The Morgan fingerprint density at radius 2 is 0.949 bits per heavy atom. The normalized spacial score (nSPS) is 14.9. The van der Waals surface area contributed by atoms with Crippen LogP contribution in [0.3, 0.4) is 0 Å². The molecule has 3 aliphatic heterocycles. The number of nitrogens with one attached hydrogen (secondary N) is 2. The van der Waals surface area contributed by atoms with Crippen LogP contribution in [0, 0.1) is 0 Å². The Hall–Kier alpha value is -6.57. The number of ether oxygens (including phenoxy) is 4. The van der Waals surface area contributed by atoms with Crippen LogP contribution < -0.4 is 13.7 Å². The highest BCUT2D eigenvalue weighted by Gasteiger charge is 2.30. The first-order chi connectivity index (χ1) is 37.8. The van der Waals surface area contributed by atoms with Crippen molar-refractivity contribution in [2.45, 2.75) is 90.3 Å². The van der Waals surface area contributed by atoms with Gasteiger partial charge in [0.2, 0.25) is 0 Å². The molecule has 1 fully saturated rings. The van der Waals surface area contributed by atoms with Crippen molar-refractivity contribution in [1.29, 1.82) is 0 Å². The summed E-state index contributed by atoms with van der Waals surface area (Å²) in [6, 6.07) is 20.4. The number of halogens is 6. The molecule has 2 N–H and O–H groups in total. The zero-order valence-electron chi connectivity index (χ0n) is 44.4. The third-order valence-corrected chi connectivity index (χ3v) is 14.0. The number of alkyl halides is 6. The first-order valence-corrected chi connectivity index (χ1v) is 27.1. The van der Waals surface area contributed by atoms with E-state index in [0.29, 0.717) is 63.7 Å². The summed E-state index contributed by atoms with van der Waals surface area (Å²) in [6.07, 6.45) is 16.0. The molecule has 0 amide bonds. The molecule has 412 valence electrons. The van der Waals surface area contributed by atoms with Crippen molar-refractivity contribution in [2.24, 2.45) is 0 Å². The fourth-order valence-corrected chi connectivity index (χ4v) is 10.6. The van der Waals surface area contributed by atoms with Gasteiger partial charge in [-0.05, 0) is 106 Å². The minimum atomic E-state index is -4.40. The van der Waals surface area contributed by atoms with Gasteiger partial charge in [0.25, 0.3) is 0 Å². The first kappa shape index (κ1) is 56.2. The predicted molar refractivity (Wildman–Crippen MR) is 289 cm³/mol. The number of fused-ring (bicyclic) bond motifs is 8. The monoisotopic (exact) mass is 1080 g/mol. The van der Waals surface area contributed by atoms with Gasteiger partial charge in [-0.25, -0.2) is 23.7 Å². The van der Waals surface area contributed by atoms with Gasteiger partial charge in [-0.2, -0.15) is 26.3 Å². The maximum absolute atomic E-state index is 12.9. The molecule has 0 aliphatic carbocycles. The number of aromatic nitrogens is 7. The van der Waals surface area contributed by atoms with Gasteiger partial charge in [0.1, 0.15) is 13.2 Å². The molecular weight excluding hydrogens is 1010 g/mol. The van der Waals surface area contributed by atoms with Gasteiger partial charge in [-0.15, -0.1) is 0 Å². The summed E-state index contributed by atoms with van der Waals surface area (Å²) in [5.74, 6) is 0.146. The van der Waals surface area contributed by atoms with E-state index in [1.807, 2.05) is 84.2 Å². The van der Waals surface area contributed by atoms with Crippen LogP contribution in [0.25, 0.3) is 79.8 Å². The lowest BCUT2D eigenvalue weighted by atomic mass is 9.89. The highest BCUT2D eigenvalue weighted by atomic mass is 19.4. The fraction of sp³-hybridized carbons (Fsp3) is 0.417. The fourth-order valence-electron chi connectivity index (χ4n) is 10.6. The molecule has 8 bridgehead atoms. The molecule has 0 aromatic carbocycles. The molecule has 0 saturated carbocycles. The molecule has 0 radical (unpaired) electrons. The number of aryl methyl sites for hydroxylation is 3. The SMILES string of the molecule is CCOCCCN1CCCC(c2c3nc(c(-c4ccc[n+](CCCOCC)c4)c4ccc([nH]4)c(-c4ccc[n+](CCCOCC(F)(F)F)c4)c4nc(c(-c5ccc[n+](CCCOCC(F)(F)F)c5)c5ccc2[nH]5)C=C4)C=C3)C1. The summed E-state index contributed by atoms with van der Waals surface area (Å²) < 4.78 is 105. The van der Waals surface area contributed by atoms with E-state index in [-0.39, 0.29) is 19.1 Å². The molecule has 3 aliphatic rings. The summed E-state index contributed by atoms with van der Waals surface area (Å²) in [4.78, 5) is 21.3. The van der Waals surface area contributed by atoms with Crippen LogP contribution in [-0.2, 0) is 38.6 Å². The Morgan fingerprint density at radius 3 is 1.41 bits per heavy atom. The van der Waals surface area contributed by atoms with E-state index in [1.54, 1.807) is 0 Å². The summed E-state index contributed by atoms with van der Waals surface area (Å²) in [7, 11) is 0. The highest BCUT2D eigenvalue weighted by Crippen LogP contribution is 2.39. The van der Waals surface area contributed by atoms with E-state index in [1.165, 1.54) is 0 Å². The second-order valence-corrected chi connectivity index (χ2v) is 19.8. The van der Waals surface area contributed by atoms with Crippen LogP contribution in [-0.4, -0.2) is 110 Å². The number of hydrogen-bond acceptors (Lipinski definition) is 7. The van der Waals surface area contributed by atoms with Crippen molar-refractivity contribution in [3.05, 3.63) is 126 Å². The Balaban J connectivity index is 1.25. The van der Waals surface area contributed by atoms with E-state index >= 15 is 0 Å². The summed E-state index contributed by atoms with van der Waals surface area (Å²) >= 11 is 0. The molecule has 9 rings (SSSR count). The van der Waals surface area contributed by atoms with Crippen molar-refractivity contribution in [3.8, 4) is 33.4 Å². The molecule has 18 heteroatoms. The number of nitrogens with zero attached hydrogens (tertiary/aromatic N) is 6. The van der Waals surface area contributed by atoms with E-state index in [2.05, 4.69) is 80.4 Å². The lowest BCUT2D eigenvalue weighted by molar-refractivity contribution is -0.697. The van der Waals surface area contributed by atoms with Crippen molar-refractivity contribution in [3.63, 3.8) is 0 Å². The number of pyridine rings is 3. The molecule has 0 spiro atoms. The number of rotatable bonds is 24. The van der Waals surface area contributed by atoms with Gasteiger partial charge in [0, 0.05) is 137 Å². The van der Waals surface area contributed by atoms with Gasteiger partial charge < -0.3 is 33.8 Å². The number of piperidine rings is 1. The molecule has 1 atom stereocenters. The van der Waals surface area contributed by atoms with E-state index in [4.69, 9.17) is 28.9 Å². The predicted octanol–water partition coefficient (Wildman–Crippen LogP) is 11.5. The van der Waals surface area contributed by atoms with Gasteiger partial charge in [0.05, 0.1) is 42.6 Å². The van der Waals surface area contributed by atoms with Crippen LogP contribution in [0.5, 0.6) is 0 Å². The first-order valence-electron chi connectivity index (χ1n) is 27.1. The Kier molecular flexibility index (Phi) is 19.0. The maximum Gasteiger partial charge on any atom is 0.411 e. The third-order valence-electron chi connectivity index (χ3n) is 14.0. The van der Waals surface area contributed by atoms with Crippen molar-refractivity contribution >= 4 is 46.4 Å². The number of hydrogen-bond donors (Lipinski definition) is 2. The van der Waals surface area contributed by atoms with Crippen LogP contribution in [0.1, 0.15) is 86.6 Å². The second kappa shape index (κ2) is 26.4. The standard InChI is InChI=1S/C60H69F6N8O4/c1-3-75-33-9-29-71-25-5-13-43(37-71)55-47-17-18-48(67-47)56(44-14-6-26-72(38-44)30-10-34-76-4-2)50-20-22-52(69-50)58(46-16-8-28-74(40-46)32-12-36-78-42-60(64,65)66)54-24-23-53(70-54)57(51-21-19-49(55)68-51)45-15-7-27-73(39-45)31-11-35-77-41-59(61,62)63/h5,7-8,13,15-25,27-28,37,39-40,44,68-69H,3-4,6,9-12,14,26,29-36,38,41-42H2,1-2H3/q+3. The van der Waals surface area contributed by atoms with Crippen molar-refractivity contribution in [2.75, 3.05) is 72.5 Å². The van der Waals surface area contributed by atoms with Gasteiger partial charge in [-0.1, -0.05) is 0 Å². The van der Waals surface area contributed by atoms with Crippen LogP contribution in [0.4, 0.5) is 26.3 Å². The minimum absolute atomic E-state index is 0.0494. The Morgan fingerprint density at radius 1 is 0.538 bits per heavy atom. The zero-order chi connectivity index (χ0) is 54.5. The maximum atomic E-state index is 12.9. The van der Waals surface area contributed by atoms with Crippen molar-refractivity contribution in [1.82, 2.24) is 24.8 Å². The van der Waals surface area contributed by atoms with E-state index in [0.717, 1.165) is 124 Å². The molecule has 1 unspecified atom stereocenters. The molecule has 1 saturated heterocycles. The summed E-state index contributed by atoms with van der Waals surface area (Å²) in [5.41, 5.74) is 12.7. The van der Waals surface area contributed by atoms with Crippen LogP contribution >= 0.6 is 0 Å². The average molecular weight is 1080 g/mol. The molecular formula is C60H69F6N8O4+3. The molecule has 12 nitrogen and oxygen atoms in total. The Bertz CT molecular complexity index is 3220. The minimum Gasteiger partial charge on any atom is -0.382 e. The van der Waals surface area contributed by atoms with Crippen LogP contribution in [0.2, 0.25) is 0 Å². The lowest BCUT2D eigenvalue weighted by Gasteiger charge is -2.33. The smallest absolute Gasteiger partial charge is 0.382 e. The largest absolute Gasteiger partial charge is 0.411 e. The molecule has 6 aromatic heterocycles. The number of H-pyrrole nitrogens is 2. The molecule has 9 heterocycles. The van der Waals surface area contributed by atoms with Crippen molar-refractivity contribution < 1.29 is 59.0 Å². The van der Waals surface area contributed by atoms with Gasteiger partial charge in [-0.3, -0.25) is 0 Å². The lowest BCUT2D eigenvalue weighted by Crippen LogP contribution is -2.35. The summed E-state index contributed by atoms with van der Waals surface area (Å²) in [5, 5.41) is 0. The molecule has 6 aromatic rings. The van der Waals surface area contributed by atoms with Gasteiger partial charge in [0.15, 0.2) is 56.8 Å². The highest BCUT2D eigenvalue weighted by molar-refractivity contribution is 5.97. The number of likely N-dealkylation sites (tertiary alicyclic amines) is 1. The summed E-state index contributed by atoms with van der Waals surface area (Å²) in [6.45, 7) is 8.43. The van der Waals surface area contributed by atoms with E-state index < -0.39 is 25.6 Å². The van der Waals surface area contributed by atoms with Crippen LogP contribution in [0.15, 0.2) is 97.8 Å². The Labute approximate surface area is 451 Å². The van der Waals surface area contributed by atoms with Gasteiger partial charge >= 0.3 is 12.4 Å². The second-order valence-electron chi connectivity index (χ2n) is 19.8. The topological polar surface area (TPSA) is 109 Å². The van der Waals surface area contributed by atoms with E-state index in [9.17, 15) is 26.3 Å². The quantitative estimate of drug-likeness (QED) is 0.0352. The zero-order valence-corrected chi connectivity index (χ0v) is 44.4.